The number of alkyl halides is 3. The van der Waals surface area contributed by atoms with Crippen molar-refractivity contribution in [3.8, 4) is 0 Å². The average molecular weight is 243 g/mol. The summed E-state index contributed by atoms with van der Waals surface area (Å²) in [5.41, 5.74) is 4.54. The highest BCUT2D eigenvalue weighted by Crippen LogP contribution is 2.26. The van der Waals surface area contributed by atoms with E-state index in [9.17, 15) is 18.4 Å². The summed E-state index contributed by atoms with van der Waals surface area (Å²) in [5.74, 6) is 0. The minimum absolute atomic E-state index is 0. The minimum Gasteiger partial charge on any atom is -0.618 e. The monoisotopic (exact) mass is 242 g/mol. The van der Waals surface area contributed by atoms with Gasteiger partial charge in [0.25, 0.3) is 5.69 Å². The first-order valence-electron chi connectivity index (χ1n) is 3.88. The molecule has 0 aromatic carbocycles. The van der Waals surface area contributed by atoms with Crippen LogP contribution in [0, 0.1) is 5.21 Å². The van der Waals surface area contributed by atoms with Crippen LogP contribution in [0.3, 0.4) is 0 Å². The van der Waals surface area contributed by atoms with E-state index < -0.39 is 17.9 Å². The third kappa shape index (κ3) is 3.24. The predicted molar refractivity (Wildman–Crippen MR) is 50.3 cm³/mol. The van der Waals surface area contributed by atoms with Gasteiger partial charge in [0.15, 0.2) is 6.20 Å². The molecule has 0 bridgehead atoms. The van der Waals surface area contributed by atoms with Gasteiger partial charge in [-0.05, 0) is 13.0 Å². The van der Waals surface area contributed by atoms with Gasteiger partial charge in [-0.3, -0.25) is 0 Å². The summed E-state index contributed by atoms with van der Waals surface area (Å²) < 4.78 is 36.2. The van der Waals surface area contributed by atoms with E-state index in [0.717, 1.165) is 12.3 Å². The highest BCUT2D eigenvalue weighted by molar-refractivity contribution is 5.85. The van der Waals surface area contributed by atoms with Gasteiger partial charge in [0.05, 0.1) is 0 Å². The predicted octanol–water partition coefficient (Wildman–Crippen LogP) is 1.78. The Labute approximate surface area is 90.7 Å². The Kier molecular flexibility index (Phi) is 4.36. The summed E-state index contributed by atoms with van der Waals surface area (Å²) in [4.78, 5) is 0. The van der Waals surface area contributed by atoms with Crippen molar-refractivity contribution >= 4 is 12.4 Å². The van der Waals surface area contributed by atoms with E-state index in [4.69, 9.17) is 5.73 Å². The number of hydrogen-bond donors (Lipinski definition) is 1. The Morgan fingerprint density at radius 2 is 1.93 bits per heavy atom. The van der Waals surface area contributed by atoms with E-state index >= 15 is 0 Å². The molecule has 0 aliphatic carbocycles. The summed E-state index contributed by atoms with van der Waals surface area (Å²) in [6, 6.07) is 1.46. The van der Waals surface area contributed by atoms with E-state index in [-0.39, 0.29) is 17.1 Å². The average Bonchev–Trinajstić information content (AvgIpc) is 2.01. The minimum atomic E-state index is -4.63. The third-order valence-corrected chi connectivity index (χ3v) is 1.75. The van der Waals surface area contributed by atoms with Gasteiger partial charge in [-0.25, -0.2) is 0 Å². The molecule has 0 radical (unpaired) electrons. The number of rotatable bonds is 1. The lowest BCUT2D eigenvalue weighted by Gasteiger charge is -2.10. The molecule has 1 aromatic rings. The molecule has 3 nitrogen and oxygen atoms in total. The molecule has 7 heteroatoms. The first kappa shape index (κ1) is 14.0. The highest BCUT2D eigenvalue weighted by atomic mass is 35.5. The van der Waals surface area contributed by atoms with Crippen molar-refractivity contribution in [2.24, 2.45) is 5.73 Å². The van der Waals surface area contributed by atoms with Gasteiger partial charge in [0.2, 0.25) is 0 Å². The molecule has 15 heavy (non-hydrogen) atoms. The first-order chi connectivity index (χ1) is 6.32. The molecule has 1 rings (SSSR count). The molecule has 1 atom stereocenters. The largest absolute Gasteiger partial charge is 0.618 e. The van der Waals surface area contributed by atoms with Crippen LogP contribution < -0.4 is 10.5 Å². The molecule has 0 amide bonds. The first-order valence-corrected chi connectivity index (χ1v) is 3.88. The molecule has 0 unspecified atom stereocenters. The number of aromatic nitrogens is 1. The molecule has 0 saturated carbocycles. The van der Waals surface area contributed by atoms with Gasteiger partial charge >= 0.3 is 6.18 Å². The lowest BCUT2D eigenvalue weighted by molar-refractivity contribution is -0.629. The van der Waals surface area contributed by atoms with E-state index in [1.54, 1.807) is 6.92 Å². The normalized spacial score (nSPS) is 13.1. The lowest BCUT2D eigenvalue weighted by atomic mass is 10.1. The second-order valence-corrected chi connectivity index (χ2v) is 2.96. The molecule has 86 valence electrons. The van der Waals surface area contributed by atoms with Gasteiger partial charge in [-0.2, -0.15) is 17.9 Å². The van der Waals surface area contributed by atoms with Crippen molar-refractivity contribution in [1.29, 1.82) is 0 Å². The number of halogens is 4. The standard InChI is InChI=1S/C8H9F3N2O.ClH/c1-5(12)6-2-3-7(8(9,10)11)13(14)4-6;/h2-5H,12H2,1H3;1H/t5-;/m1./s1. The van der Waals surface area contributed by atoms with Crippen LogP contribution in [-0.4, -0.2) is 0 Å². The Balaban J connectivity index is 0.00000196. The molecule has 2 N–H and O–H groups in total. The number of hydrogen-bond acceptors (Lipinski definition) is 2. The van der Waals surface area contributed by atoms with Gasteiger partial charge < -0.3 is 10.9 Å². The van der Waals surface area contributed by atoms with Gasteiger partial charge in [0, 0.05) is 17.7 Å². The zero-order chi connectivity index (χ0) is 10.9. The van der Waals surface area contributed by atoms with Crippen molar-refractivity contribution in [3.63, 3.8) is 0 Å². The van der Waals surface area contributed by atoms with Crippen LogP contribution in [0.4, 0.5) is 13.2 Å². The maximum atomic E-state index is 12.1. The van der Waals surface area contributed by atoms with E-state index in [1.807, 2.05) is 0 Å². The third-order valence-electron chi connectivity index (χ3n) is 1.75. The fourth-order valence-electron chi connectivity index (χ4n) is 0.985. The van der Waals surface area contributed by atoms with Gasteiger partial charge in [0.1, 0.15) is 0 Å². The van der Waals surface area contributed by atoms with Crippen LogP contribution in [0.5, 0.6) is 0 Å². The number of nitrogens with zero attached hydrogens (tertiary/aromatic N) is 1. The Hall–Kier alpha value is -1.01. The van der Waals surface area contributed by atoms with Crippen LogP contribution in [0.2, 0.25) is 0 Å². The smallest absolute Gasteiger partial charge is 0.478 e. The number of pyridine rings is 1. The summed E-state index contributed by atoms with van der Waals surface area (Å²) in [7, 11) is 0. The van der Waals surface area contributed by atoms with Gasteiger partial charge in [-0.1, -0.05) is 0 Å². The van der Waals surface area contributed by atoms with Crippen LogP contribution in [0.25, 0.3) is 0 Å². The molecular formula is C8H10ClF3N2O. The fraction of sp³-hybridized carbons (Fsp3) is 0.375. The summed E-state index contributed by atoms with van der Waals surface area (Å²) in [6.07, 6.45) is -3.79. The van der Waals surface area contributed by atoms with Crippen molar-refractivity contribution in [2.75, 3.05) is 0 Å². The molecule has 0 fully saturated rings. The zero-order valence-corrected chi connectivity index (χ0v) is 8.60. The maximum Gasteiger partial charge on any atom is 0.478 e. The molecule has 0 spiro atoms. The molecule has 0 aliphatic rings. The van der Waals surface area contributed by atoms with Crippen molar-refractivity contribution in [3.05, 3.63) is 34.8 Å². The highest BCUT2D eigenvalue weighted by Gasteiger charge is 2.39. The van der Waals surface area contributed by atoms with Crippen LogP contribution in [0.15, 0.2) is 18.3 Å². The fourth-order valence-corrected chi connectivity index (χ4v) is 0.985. The second-order valence-electron chi connectivity index (χ2n) is 2.96. The van der Waals surface area contributed by atoms with E-state index in [1.165, 1.54) is 6.07 Å². The van der Waals surface area contributed by atoms with E-state index in [2.05, 4.69) is 0 Å². The van der Waals surface area contributed by atoms with Crippen LogP contribution >= 0.6 is 12.4 Å². The Bertz CT molecular complexity index is 341. The molecule has 1 aromatic heterocycles. The summed E-state index contributed by atoms with van der Waals surface area (Å²) in [6.45, 7) is 1.59. The maximum absolute atomic E-state index is 12.1. The molecule has 0 saturated heterocycles. The second kappa shape index (κ2) is 4.67. The molecular weight excluding hydrogens is 233 g/mol. The summed E-state index contributed by atoms with van der Waals surface area (Å²) >= 11 is 0. The Morgan fingerprint density at radius 3 is 2.27 bits per heavy atom. The van der Waals surface area contributed by atoms with Gasteiger partial charge in [-0.15, -0.1) is 12.4 Å². The van der Waals surface area contributed by atoms with Crippen LogP contribution in [-0.2, 0) is 6.18 Å². The SMILES string of the molecule is C[C@@H](N)c1ccc(C(F)(F)F)[n+]([O-])c1.Cl. The van der Waals surface area contributed by atoms with Crippen LogP contribution in [0.1, 0.15) is 24.2 Å². The van der Waals surface area contributed by atoms with E-state index in [0.29, 0.717) is 5.56 Å². The van der Waals surface area contributed by atoms with Crippen molar-refractivity contribution < 1.29 is 17.9 Å². The quantitative estimate of drug-likeness (QED) is 0.603. The Morgan fingerprint density at radius 1 is 1.40 bits per heavy atom. The lowest BCUT2D eigenvalue weighted by Crippen LogP contribution is -2.37. The van der Waals surface area contributed by atoms with Crippen molar-refractivity contribution in [1.82, 2.24) is 0 Å². The molecule has 1 heterocycles. The van der Waals surface area contributed by atoms with Crippen molar-refractivity contribution in [2.45, 2.75) is 19.1 Å². The molecule has 0 aliphatic heterocycles. The number of nitrogens with two attached hydrogens (primary N) is 1. The topological polar surface area (TPSA) is 53.0 Å². The zero-order valence-electron chi connectivity index (χ0n) is 7.78. The summed E-state index contributed by atoms with van der Waals surface area (Å²) in [5, 5.41) is 10.9.